The molecule has 3 aliphatic rings. The average Bonchev–Trinajstić information content (AvgIpc) is 3.44. The van der Waals surface area contributed by atoms with Crippen LogP contribution in [0.5, 0.6) is 0 Å². The number of carbonyl (C=O) groups excluding carboxylic acids is 3. The molecule has 152 valence electrons. The zero-order chi connectivity index (χ0) is 20.0. The zero-order valence-electron chi connectivity index (χ0n) is 16.4. The number of nitrogens with zero attached hydrogens (tertiary/aromatic N) is 3. The van der Waals surface area contributed by atoms with E-state index in [1.54, 1.807) is 11.3 Å². The lowest BCUT2D eigenvalue weighted by Crippen LogP contribution is -2.37. The first-order chi connectivity index (χ1) is 14.1. The molecule has 0 N–H and O–H groups in total. The van der Waals surface area contributed by atoms with E-state index in [0.717, 1.165) is 53.7 Å². The molecule has 0 bridgehead atoms. The quantitative estimate of drug-likeness (QED) is 0.722. The zero-order valence-corrected chi connectivity index (χ0v) is 17.2. The van der Waals surface area contributed by atoms with Crippen LogP contribution in [0.2, 0.25) is 0 Å². The normalized spacial score (nSPS) is 27.1. The van der Waals surface area contributed by atoms with Gasteiger partial charge in [0.1, 0.15) is 5.01 Å². The third kappa shape index (κ3) is 3.25. The Morgan fingerprint density at radius 1 is 1.03 bits per heavy atom. The molecule has 0 radical (unpaired) electrons. The van der Waals surface area contributed by atoms with Gasteiger partial charge in [-0.15, -0.1) is 11.3 Å². The number of para-hydroxylation sites is 1. The maximum absolute atomic E-state index is 13.0. The van der Waals surface area contributed by atoms with Gasteiger partial charge in [0.15, 0.2) is 0 Å². The third-order valence-electron chi connectivity index (χ3n) is 6.65. The molecule has 2 saturated heterocycles. The topological polar surface area (TPSA) is 70.6 Å². The highest BCUT2D eigenvalue weighted by molar-refractivity contribution is 7.18. The first-order valence-electron chi connectivity index (χ1n) is 10.6. The van der Waals surface area contributed by atoms with Gasteiger partial charge in [-0.05, 0) is 37.8 Å². The summed E-state index contributed by atoms with van der Waals surface area (Å²) < 4.78 is 1.14. The molecule has 1 saturated carbocycles. The summed E-state index contributed by atoms with van der Waals surface area (Å²) in [5, 5.41) is 0.983. The van der Waals surface area contributed by atoms with Crippen molar-refractivity contribution in [2.45, 2.75) is 51.0 Å². The van der Waals surface area contributed by atoms with Crippen molar-refractivity contribution in [2.24, 2.45) is 11.8 Å². The molecular weight excluding hydrogens is 386 g/mol. The minimum atomic E-state index is -0.145. The number of carbonyl (C=O) groups is 3. The molecular formula is C22H25N3O3S. The lowest BCUT2D eigenvalue weighted by atomic mass is 9.81. The average molecular weight is 412 g/mol. The van der Waals surface area contributed by atoms with Crippen LogP contribution < -0.4 is 0 Å². The van der Waals surface area contributed by atoms with Crippen LogP contribution in [0, 0.1) is 11.8 Å². The van der Waals surface area contributed by atoms with Gasteiger partial charge in [-0.25, -0.2) is 4.98 Å². The molecule has 7 heteroatoms. The van der Waals surface area contributed by atoms with Crippen LogP contribution in [0.25, 0.3) is 10.2 Å². The molecule has 3 fully saturated rings. The van der Waals surface area contributed by atoms with E-state index in [1.807, 2.05) is 23.1 Å². The second kappa shape index (κ2) is 7.52. The molecule has 6 nitrogen and oxygen atoms in total. The molecule has 0 unspecified atom stereocenters. The number of likely N-dealkylation sites (tertiary alicyclic amines) is 2. The molecule has 1 aromatic carbocycles. The van der Waals surface area contributed by atoms with Crippen LogP contribution in [-0.2, 0) is 14.4 Å². The van der Waals surface area contributed by atoms with Crippen LogP contribution in [0.3, 0.4) is 0 Å². The molecule has 3 heterocycles. The van der Waals surface area contributed by atoms with Crippen LogP contribution in [0.15, 0.2) is 24.3 Å². The van der Waals surface area contributed by atoms with E-state index in [-0.39, 0.29) is 48.6 Å². The maximum Gasteiger partial charge on any atom is 0.233 e. The van der Waals surface area contributed by atoms with E-state index in [0.29, 0.717) is 6.54 Å². The largest absolute Gasteiger partial charge is 0.333 e. The number of hydrogen-bond donors (Lipinski definition) is 0. The van der Waals surface area contributed by atoms with Crippen molar-refractivity contribution in [1.82, 2.24) is 14.8 Å². The number of benzene rings is 1. The predicted octanol–water partition coefficient (Wildman–Crippen LogP) is 3.53. The summed E-state index contributed by atoms with van der Waals surface area (Å²) >= 11 is 1.65. The molecule has 3 amide bonds. The Labute approximate surface area is 173 Å². The van der Waals surface area contributed by atoms with Crippen molar-refractivity contribution in [1.29, 1.82) is 0 Å². The first-order valence-corrected chi connectivity index (χ1v) is 11.5. The summed E-state index contributed by atoms with van der Waals surface area (Å²) in [6.07, 6.45) is 5.74. The minimum Gasteiger partial charge on any atom is -0.333 e. The van der Waals surface area contributed by atoms with E-state index in [1.165, 1.54) is 4.90 Å². The second-order valence-electron chi connectivity index (χ2n) is 8.34. The Kier molecular flexibility index (Phi) is 4.86. The first kappa shape index (κ1) is 18.7. The molecule has 29 heavy (non-hydrogen) atoms. The molecule has 1 aliphatic carbocycles. The Hall–Kier alpha value is -2.28. The minimum absolute atomic E-state index is 0.00691. The highest BCUT2D eigenvalue weighted by Crippen LogP contribution is 2.39. The number of amides is 3. The van der Waals surface area contributed by atoms with Crippen molar-refractivity contribution < 1.29 is 14.4 Å². The molecule has 2 aromatic rings. The number of thiazole rings is 1. The van der Waals surface area contributed by atoms with Gasteiger partial charge in [0, 0.05) is 19.5 Å². The lowest BCUT2D eigenvalue weighted by molar-refractivity contribution is -0.141. The van der Waals surface area contributed by atoms with Crippen LogP contribution >= 0.6 is 11.3 Å². The van der Waals surface area contributed by atoms with Gasteiger partial charge >= 0.3 is 0 Å². The molecule has 0 spiro atoms. The van der Waals surface area contributed by atoms with Crippen molar-refractivity contribution >= 4 is 39.3 Å². The fourth-order valence-electron chi connectivity index (χ4n) is 5.16. The number of imide groups is 1. The fraction of sp³-hybridized carbons (Fsp3) is 0.545. The standard InChI is InChI=1S/C22H25N3O3S/c26-19(11-13-25-21(27)14-6-1-2-7-15(14)22(25)28)24-12-5-9-17(24)20-23-16-8-3-4-10-18(16)29-20/h3-4,8,10,14-15,17H,1-2,5-7,9,11-13H2/t14-,15-,17+/m0/s1. The summed E-state index contributed by atoms with van der Waals surface area (Å²) in [7, 11) is 0. The van der Waals surface area contributed by atoms with Gasteiger partial charge in [-0.1, -0.05) is 25.0 Å². The Morgan fingerprint density at radius 3 is 2.48 bits per heavy atom. The maximum atomic E-state index is 13.0. The van der Waals surface area contributed by atoms with E-state index in [9.17, 15) is 14.4 Å². The monoisotopic (exact) mass is 411 g/mol. The number of hydrogen-bond acceptors (Lipinski definition) is 5. The Bertz CT molecular complexity index is 914. The van der Waals surface area contributed by atoms with Crippen molar-refractivity contribution in [3.63, 3.8) is 0 Å². The molecule has 1 aromatic heterocycles. The van der Waals surface area contributed by atoms with E-state index < -0.39 is 0 Å². The second-order valence-corrected chi connectivity index (χ2v) is 9.40. The summed E-state index contributed by atoms with van der Waals surface area (Å²) in [6.45, 7) is 0.930. The smallest absolute Gasteiger partial charge is 0.233 e. The van der Waals surface area contributed by atoms with Gasteiger partial charge in [0.25, 0.3) is 0 Å². The Morgan fingerprint density at radius 2 is 1.76 bits per heavy atom. The number of fused-ring (bicyclic) bond motifs is 2. The summed E-state index contributed by atoms with van der Waals surface area (Å²) in [5.74, 6) is -0.391. The van der Waals surface area contributed by atoms with Crippen molar-refractivity contribution in [3.8, 4) is 0 Å². The van der Waals surface area contributed by atoms with Crippen molar-refractivity contribution in [2.75, 3.05) is 13.1 Å². The molecule has 5 rings (SSSR count). The predicted molar refractivity (Wildman–Crippen MR) is 110 cm³/mol. The number of rotatable bonds is 4. The van der Waals surface area contributed by atoms with E-state index >= 15 is 0 Å². The van der Waals surface area contributed by atoms with Gasteiger partial charge < -0.3 is 4.90 Å². The third-order valence-corrected chi connectivity index (χ3v) is 7.79. The van der Waals surface area contributed by atoms with Gasteiger partial charge in [0.05, 0.1) is 28.1 Å². The molecule has 2 aliphatic heterocycles. The van der Waals surface area contributed by atoms with Crippen LogP contribution in [-0.4, -0.2) is 45.6 Å². The summed E-state index contributed by atoms with van der Waals surface area (Å²) in [6, 6.07) is 8.05. The highest BCUT2D eigenvalue weighted by Gasteiger charge is 2.48. The highest BCUT2D eigenvalue weighted by atomic mass is 32.1. The van der Waals surface area contributed by atoms with E-state index in [2.05, 4.69) is 6.07 Å². The van der Waals surface area contributed by atoms with E-state index in [4.69, 9.17) is 4.98 Å². The van der Waals surface area contributed by atoms with Gasteiger partial charge in [-0.3, -0.25) is 19.3 Å². The van der Waals surface area contributed by atoms with Crippen LogP contribution in [0.1, 0.15) is 56.0 Å². The fourth-order valence-corrected chi connectivity index (χ4v) is 6.27. The van der Waals surface area contributed by atoms with Crippen LogP contribution in [0.4, 0.5) is 0 Å². The number of aromatic nitrogens is 1. The van der Waals surface area contributed by atoms with Crippen molar-refractivity contribution in [3.05, 3.63) is 29.3 Å². The van der Waals surface area contributed by atoms with Gasteiger partial charge in [-0.2, -0.15) is 0 Å². The molecule has 3 atom stereocenters. The van der Waals surface area contributed by atoms with Gasteiger partial charge in [0.2, 0.25) is 17.7 Å². The summed E-state index contributed by atoms with van der Waals surface area (Å²) in [5.41, 5.74) is 0.975. The SMILES string of the molecule is O=C1[C@H]2CCCC[C@@H]2C(=O)N1CCC(=O)N1CCC[C@@H]1c1nc2ccccc2s1. The summed E-state index contributed by atoms with van der Waals surface area (Å²) in [4.78, 5) is 46.3. The lowest BCUT2D eigenvalue weighted by Gasteiger charge is -2.24. The Balaban J connectivity index is 1.26.